The van der Waals surface area contributed by atoms with Crippen LogP contribution in [0.2, 0.25) is 0 Å². The maximum atomic E-state index is 12.9. The van der Waals surface area contributed by atoms with Gasteiger partial charge in [0.2, 0.25) is 0 Å². The minimum absolute atomic E-state index is 0.123. The van der Waals surface area contributed by atoms with Crippen molar-refractivity contribution in [2.24, 2.45) is 0 Å². The van der Waals surface area contributed by atoms with Gasteiger partial charge in [-0.25, -0.2) is 4.98 Å². The number of hydrogen-bond donors (Lipinski definition) is 1. The maximum absolute atomic E-state index is 12.9. The molecule has 5 rings (SSSR count). The predicted octanol–water partition coefficient (Wildman–Crippen LogP) is 4.31. The Hall–Kier alpha value is -3.65. The Balaban J connectivity index is 1.33. The van der Waals surface area contributed by atoms with Crippen molar-refractivity contribution in [3.8, 4) is 28.4 Å². The Labute approximate surface area is 189 Å². The summed E-state index contributed by atoms with van der Waals surface area (Å²) in [4.78, 5) is 21.6. The SMILES string of the molecule is Cc1cc(C(=O)NCc2nc(-c3ccncc3)cs2)c(C)n1-c1ccc2c(c1)OCCO2. The van der Waals surface area contributed by atoms with E-state index < -0.39 is 0 Å². The molecule has 0 saturated carbocycles. The number of rotatable bonds is 5. The van der Waals surface area contributed by atoms with Crippen LogP contribution in [0.25, 0.3) is 16.9 Å². The van der Waals surface area contributed by atoms with Gasteiger partial charge >= 0.3 is 0 Å². The van der Waals surface area contributed by atoms with Crippen LogP contribution in [0.1, 0.15) is 26.8 Å². The summed E-state index contributed by atoms with van der Waals surface area (Å²) in [5.41, 5.74) is 5.32. The first-order valence-corrected chi connectivity index (χ1v) is 11.2. The molecule has 3 aromatic heterocycles. The van der Waals surface area contributed by atoms with Crippen LogP contribution in [0.3, 0.4) is 0 Å². The lowest BCUT2D eigenvalue weighted by Gasteiger charge is -2.20. The zero-order valence-electron chi connectivity index (χ0n) is 17.8. The summed E-state index contributed by atoms with van der Waals surface area (Å²) in [6, 6.07) is 11.6. The molecule has 7 nitrogen and oxygen atoms in total. The lowest BCUT2D eigenvalue weighted by atomic mass is 10.2. The van der Waals surface area contributed by atoms with Crippen LogP contribution in [-0.2, 0) is 6.54 Å². The number of aryl methyl sites for hydroxylation is 1. The smallest absolute Gasteiger partial charge is 0.253 e. The number of nitrogens with zero attached hydrogens (tertiary/aromatic N) is 3. The zero-order chi connectivity index (χ0) is 22.1. The quantitative estimate of drug-likeness (QED) is 0.494. The van der Waals surface area contributed by atoms with E-state index in [0.717, 1.165) is 44.8 Å². The summed E-state index contributed by atoms with van der Waals surface area (Å²) in [6.45, 7) is 5.41. The van der Waals surface area contributed by atoms with E-state index in [1.54, 1.807) is 12.4 Å². The topological polar surface area (TPSA) is 78.3 Å². The van der Waals surface area contributed by atoms with E-state index >= 15 is 0 Å². The summed E-state index contributed by atoms with van der Waals surface area (Å²) in [5.74, 6) is 1.35. The largest absolute Gasteiger partial charge is 0.486 e. The predicted molar refractivity (Wildman–Crippen MR) is 123 cm³/mol. The van der Waals surface area contributed by atoms with E-state index in [1.807, 2.05) is 55.6 Å². The average Bonchev–Trinajstić information content (AvgIpc) is 3.42. The summed E-state index contributed by atoms with van der Waals surface area (Å²) < 4.78 is 13.4. The van der Waals surface area contributed by atoms with Crippen molar-refractivity contribution in [2.45, 2.75) is 20.4 Å². The molecule has 0 atom stereocenters. The second-order valence-electron chi connectivity index (χ2n) is 7.49. The third-order valence-electron chi connectivity index (χ3n) is 5.39. The van der Waals surface area contributed by atoms with Crippen molar-refractivity contribution in [3.63, 3.8) is 0 Å². The van der Waals surface area contributed by atoms with Gasteiger partial charge in [0.1, 0.15) is 18.2 Å². The van der Waals surface area contributed by atoms with Crippen molar-refractivity contribution in [2.75, 3.05) is 13.2 Å². The van der Waals surface area contributed by atoms with Gasteiger partial charge in [0, 0.05) is 46.5 Å². The molecular formula is C24H22N4O3S. The molecule has 0 aliphatic carbocycles. The highest BCUT2D eigenvalue weighted by molar-refractivity contribution is 7.09. The Morgan fingerprint density at radius 2 is 1.88 bits per heavy atom. The molecule has 8 heteroatoms. The third kappa shape index (κ3) is 3.85. The highest BCUT2D eigenvalue weighted by Gasteiger charge is 2.19. The molecule has 0 radical (unpaired) electrons. The van der Waals surface area contributed by atoms with Gasteiger partial charge in [0.15, 0.2) is 11.5 Å². The van der Waals surface area contributed by atoms with Crippen LogP contribution in [0, 0.1) is 13.8 Å². The van der Waals surface area contributed by atoms with Crippen LogP contribution in [0.15, 0.2) is 54.2 Å². The van der Waals surface area contributed by atoms with Gasteiger partial charge in [0.25, 0.3) is 5.91 Å². The zero-order valence-corrected chi connectivity index (χ0v) is 18.6. The molecule has 4 heterocycles. The number of amides is 1. The standard InChI is InChI=1S/C24H22N4O3S/c1-15-11-19(16(2)28(15)18-3-4-21-22(12-18)31-10-9-30-21)24(29)26-13-23-27-20(14-32-23)17-5-7-25-8-6-17/h3-8,11-12,14H,9-10,13H2,1-2H3,(H,26,29). The molecule has 0 unspecified atom stereocenters. The molecule has 1 aliphatic rings. The second kappa shape index (κ2) is 8.47. The van der Waals surface area contributed by atoms with Crippen molar-refractivity contribution >= 4 is 17.2 Å². The Kier molecular flexibility index (Phi) is 5.36. The first-order chi connectivity index (χ1) is 15.6. The molecule has 162 valence electrons. The lowest BCUT2D eigenvalue weighted by molar-refractivity contribution is 0.0950. The molecule has 4 aromatic rings. The molecule has 1 N–H and O–H groups in total. The summed E-state index contributed by atoms with van der Waals surface area (Å²) >= 11 is 1.53. The maximum Gasteiger partial charge on any atom is 0.253 e. The number of ether oxygens (including phenoxy) is 2. The Morgan fingerprint density at radius 3 is 2.69 bits per heavy atom. The number of nitrogens with one attached hydrogen (secondary N) is 1. The number of benzene rings is 1. The van der Waals surface area contributed by atoms with E-state index in [2.05, 4.69) is 19.9 Å². The van der Waals surface area contributed by atoms with Crippen molar-refractivity contribution in [1.29, 1.82) is 0 Å². The summed E-state index contributed by atoms with van der Waals surface area (Å²) in [6.07, 6.45) is 3.49. The summed E-state index contributed by atoms with van der Waals surface area (Å²) in [7, 11) is 0. The molecular weight excluding hydrogens is 424 g/mol. The molecule has 0 saturated heterocycles. The molecule has 0 fully saturated rings. The fourth-order valence-electron chi connectivity index (χ4n) is 3.86. The van der Waals surface area contributed by atoms with Gasteiger partial charge in [-0.1, -0.05) is 0 Å². The fourth-order valence-corrected chi connectivity index (χ4v) is 4.60. The van der Waals surface area contributed by atoms with Crippen molar-refractivity contribution in [1.82, 2.24) is 19.9 Å². The molecule has 0 bridgehead atoms. The average molecular weight is 447 g/mol. The minimum atomic E-state index is -0.123. The number of thiazole rings is 1. The normalized spacial score (nSPS) is 12.6. The van der Waals surface area contributed by atoms with Crippen molar-refractivity contribution < 1.29 is 14.3 Å². The van der Waals surface area contributed by atoms with Crippen LogP contribution in [0.5, 0.6) is 11.5 Å². The fraction of sp³-hybridized carbons (Fsp3) is 0.208. The van der Waals surface area contributed by atoms with Crippen LogP contribution >= 0.6 is 11.3 Å². The molecule has 32 heavy (non-hydrogen) atoms. The van der Waals surface area contributed by atoms with Gasteiger partial charge in [-0.3, -0.25) is 9.78 Å². The summed E-state index contributed by atoms with van der Waals surface area (Å²) in [5, 5.41) is 5.84. The van der Waals surface area contributed by atoms with Gasteiger partial charge < -0.3 is 19.4 Å². The monoisotopic (exact) mass is 446 g/mol. The van der Waals surface area contributed by atoms with Gasteiger partial charge in [-0.05, 0) is 44.2 Å². The van der Waals surface area contributed by atoms with Gasteiger partial charge in [-0.15, -0.1) is 11.3 Å². The molecule has 1 aromatic carbocycles. The molecule has 0 spiro atoms. The van der Waals surface area contributed by atoms with Gasteiger partial charge in [-0.2, -0.15) is 0 Å². The molecule has 1 amide bonds. The van der Waals surface area contributed by atoms with E-state index in [-0.39, 0.29) is 5.91 Å². The van der Waals surface area contributed by atoms with Crippen LogP contribution in [-0.4, -0.2) is 33.7 Å². The highest BCUT2D eigenvalue weighted by Crippen LogP contribution is 2.33. The second-order valence-corrected chi connectivity index (χ2v) is 8.44. The Bertz CT molecular complexity index is 1280. The first kappa shape index (κ1) is 20.3. The van der Waals surface area contributed by atoms with Crippen LogP contribution in [0.4, 0.5) is 0 Å². The van der Waals surface area contributed by atoms with Crippen LogP contribution < -0.4 is 14.8 Å². The van der Waals surface area contributed by atoms with E-state index in [9.17, 15) is 4.79 Å². The van der Waals surface area contributed by atoms with E-state index in [4.69, 9.17) is 9.47 Å². The minimum Gasteiger partial charge on any atom is -0.486 e. The highest BCUT2D eigenvalue weighted by atomic mass is 32.1. The number of pyridine rings is 1. The molecule has 1 aliphatic heterocycles. The van der Waals surface area contributed by atoms with Crippen molar-refractivity contribution in [3.05, 3.63) is 76.1 Å². The Morgan fingerprint density at radius 1 is 1.09 bits per heavy atom. The number of carbonyl (C=O) groups excluding carboxylic acids is 1. The third-order valence-corrected chi connectivity index (χ3v) is 6.24. The van der Waals surface area contributed by atoms with Gasteiger partial charge in [0.05, 0.1) is 17.8 Å². The number of carbonyl (C=O) groups is 1. The lowest BCUT2D eigenvalue weighted by Crippen LogP contribution is -2.23. The number of fused-ring (bicyclic) bond motifs is 1. The number of aromatic nitrogens is 3. The van der Waals surface area contributed by atoms with E-state index in [1.165, 1.54) is 11.3 Å². The first-order valence-electron chi connectivity index (χ1n) is 10.3. The number of hydrogen-bond acceptors (Lipinski definition) is 6. The van der Waals surface area contributed by atoms with E-state index in [0.29, 0.717) is 25.3 Å².